The topological polar surface area (TPSA) is 105 Å². The molecule has 0 bridgehead atoms. The average Bonchev–Trinajstić information content (AvgIpc) is 3.49. The largest absolute Gasteiger partial charge is 0.344 e. The third kappa shape index (κ3) is 4.79. The van der Waals surface area contributed by atoms with Crippen LogP contribution < -0.4 is 5.32 Å². The summed E-state index contributed by atoms with van der Waals surface area (Å²) < 4.78 is 45.8. The molecule has 2 aliphatic rings. The van der Waals surface area contributed by atoms with Gasteiger partial charge in [-0.2, -0.15) is 9.29 Å². The van der Waals surface area contributed by atoms with Crippen LogP contribution in [-0.4, -0.2) is 41.9 Å². The minimum Gasteiger partial charge on any atom is -0.344 e. The Bertz CT molecular complexity index is 1030. The van der Waals surface area contributed by atoms with Gasteiger partial charge in [-0.25, -0.2) is 12.8 Å². The highest BCUT2D eigenvalue weighted by Crippen LogP contribution is 2.38. The predicted molar refractivity (Wildman–Crippen MR) is 110 cm³/mol. The Balaban J connectivity index is 1.45. The number of hydrogen-bond acceptors (Lipinski definition) is 6. The molecule has 0 spiro atoms. The van der Waals surface area contributed by atoms with Crippen molar-refractivity contribution >= 4 is 15.9 Å². The van der Waals surface area contributed by atoms with E-state index in [0.717, 1.165) is 25.0 Å². The third-order valence-corrected chi connectivity index (χ3v) is 7.72. The van der Waals surface area contributed by atoms with Crippen molar-refractivity contribution < 1.29 is 22.1 Å². The third-order valence-electron chi connectivity index (χ3n) is 5.84. The van der Waals surface area contributed by atoms with E-state index in [0.29, 0.717) is 37.0 Å². The van der Waals surface area contributed by atoms with Gasteiger partial charge in [0.25, 0.3) is 0 Å². The number of nitrogens with one attached hydrogen (secondary N) is 1. The van der Waals surface area contributed by atoms with E-state index in [9.17, 15) is 17.6 Å². The highest BCUT2D eigenvalue weighted by molar-refractivity contribution is 7.89. The molecule has 1 aromatic heterocycles. The number of halogens is 1. The fraction of sp³-hybridized carbons (Fsp3) is 0.571. The smallest absolute Gasteiger partial charge is 0.249 e. The normalized spacial score (nSPS) is 21.2. The second-order valence-electron chi connectivity index (χ2n) is 8.65. The number of carbonyl (C=O) groups is 1. The van der Waals surface area contributed by atoms with Gasteiger partial charge >= 0.3 is 0 Å². The van der Waals surface area contributed by atoms with Crippen LogP contribution >= 0.6 is 0 Å². The summed E-state index contributed by atoms with van der Waals surface area (Å²) in [6.45, 7) is 4.31. The van der Waals surface area contributed by atoms with Crippen LogP contribution in [0.4, 0.5) is 4.39 Å². The van der Waals surface area contributed by atoms with Crippen LogP contribution in [0.2, 0.25) is 0 Å². The van der Waals surface area contributed by atoms with Gasteiger partial charge < -0.3 is 9.84 Å². The lowest BCUT2D eigenvalue weighted by atomic mass is 9.97. The molecule has 4 rings (SSSR count). The zero-order valence-corrected chi connectivity index (χ0v) is 18.4. The van der Waals surface area contributed by atoms with E-state index in [1.54, 1.807) is 0 Å². The summed E-state index contributed by atoms with van der Waals surface area (Å²) in [7, 11) is -3.80. The van der Waals surface area contributed by atoms with Gasteiger partial charge in [-0.05, 0) is 55.9 Å². The quantitative estimate of drug-likeness (QED) is 0.695. The van der Waals surface area contributed by atoms with Crippen molar-refractivity contribution in [3.63, 3.8) is 0 Å². The van der Waals surface area contributed by atoms with E-state index in [4.69, 9.17) is 4.52 Å². The molecular formula is C21H27FN4O4S. The summed E-state index contributed by atoms with van der Waals surface area (Å²) in [5.74, 6) is 0.227. The molecule has 1 aromatic carbocycles. The number of piperidine rings is 1. The fourth-order valence-corrected chi connectivity index (χ4v) is 5.32. The van der Waals surface area contributed by atoms with Gasteiger partial charge in [0.1, 0.15) is 11.9 Å². The van der Waals surface area contributed by atoms with Crippen molar-refractivity contribution in [3.8, 4) is 0 Å². The van der Waals surface area contributed by atoms with Gasteiger partial charge in [-0.15, -0.1) is 0 Å². The lowest BCUT2D eigenvalue weighted by molar-refractivity contribution is -0.127. The van der Waals surface area contributed by atoms with Gasteiger partial charge in [-0.1, -0.05) is 19.0 Å². The molecular weight excluding hydrogens is 423 g/mol. The first-order valence-electron chi connectivity index (χ1n) is 10.7. The summed E-state index contributed by atoms with van der Waals surface area (Å²) in [5.41, 5.74) is 0. The molecule has 2 aromatic rings. The van der Waals surface area contributed by atoms with E-state index in [1.165, 1.54) is 16.4 Å². The maximum atomic E-state index is 13.2. The second-order valence-corrected chi connectivity index (χ2v) is 10.6. The Morgan fingerprint density at radius 2 is 1.94 bits per heavy atom. The highest BCUT2D eigenvalue weighted by Gasteiger charge is 2.36. The number of carbonyl (C=O) groups excluding carboxylic acids is 1. The van der Waals surface area contributed by atoms with Crippen LogP contribution in [0.25, 0.3) is 0 Å². The van der Waals surface area contributed by atoms with Crippen LogP contribution in [-0.2, 0) is 14.8 Å². The minimum atomic E-state index is -3.80. The van der Waals surface area contributed by atoms with Gasteiger partial charge in [0.2, 0.25) is 21.8 Å². The van der Waals surface area contributed by atoms with Gasteiger partial charge in [0.15, 0.2) is 5.82 Å². The van der Waals surface area contributed by atoms with Crippen molar-refractivity contribution in [1.29, 1.82) is 0 Å². The number of sulfonamides is 1. The van der Waals surface area contributed by atoms with Crippen molar-refractivity contribution in [2.75, 3.05) is 13.1 Å². The number of nitrogens with zero attached hydrogens (tertiary/aromatic N) is 3. The Hall–Kier alpha value is -2.33. The molecule has 1 saturated carbocycles. The molecule has 31 heavy (non-hydrogen) atoms. The molecule has 8 nitrogen and oxygen atoms in total. The number of hydrogen-bond donors (Lipinski definition) is 1. The van der Waals surface area contributed by atoms with E-state index >= 15 is 0 Å². The van der Waals surface area contributed by atoms with Crippen LogP contribution in [0.5, 0.6) is 0 Å². The SMILES string of the molecule is CC(C)C(NC(=O)C1CCCN(S(=O)(=O)c2ccc(F)cc2)C1)c1nc(C2CC2)no1. The van der Waals surface area contributed by atoms with Gasteiger partial charge in [0, 0.05) is 19.0 Å². The summed E-state index contributed by atoms with van der Waals surface area (Å²) in [5, 5.41) is 7.02. The minimum absolute atomic E-state index is 0.0217. The first-order valence-corrected chi connectivity index (χ1v) is 12.1. The summed E-state index contributed by atoms with van der Waals surface area (Å²) >= 11 is 0. The molecule has 1 aliphatic heterocycles. The lowest BCUT2D eigenvalue weighted by Gasteiger charge is -2.32. The van der Waals surface area contributed by atoms with E-state index in [2.05, 4.69) is 15.5 Å². The van der Waals surface area contributed by atoms with Crippen molar-refractivity contribution in [3.05, 3.63) is 41.8 Å². The van der Waals surface area contributed by atoms with Gasteiger partial charge in [-0.3, -0.25) is 4.79 Å². The van der Waals surface area contributed by atoms with E-state index in [1.807, 2.05) is 13.8 Å². The molecule has 2 unspecified atom stereocenters. The van der Waals surface area contributed by atoms with Crippen LogP contribution in [0.1, 0.15) is 63.2 Å². The van der Waals surface area contributed by atoms with Crippen molar-refractivity contribution in [2.24, 2.45) is 11.8 Å². The number of benzene rings is 1. The molecule has 1 N–H and O–H groups in total. The van der Waals surface area contributed by atoms with Crippen molar-refractivity contribution in [1.82, 2.24) is 19.8 Å². The molecule has 1 amide bonds. The summed E-state index contributed by atoms with van der Waals surface area (Å²) in [6.07, 6.45) is 3.26. The van der Waals surface area contributed by atoms with E-state index in [-0.39, 0.29) is 23.3 Å². The Morgan fingerprint density at radius 3 is 2.58 bits per heavy atom. The van der Waals surface area contributed by atoms with Crippen LogP contribution in [0.15, 0.2) is 33.7 Å². The first kappa shape index (κ1) is 21.9. The number of rotatable bonds is 7. The fourth-order valence-electron chi connectivity index (χ4n) is 3.80. The average molecular weight is 451 g/mol. The van der Waals surface area contributed by atoms with Crippen LogP contribution in [0, 0.1) is 17.7 Å². The molecule has 2 heterocycles. The molecule has 1 saturated heterocycles. The van der Waals surface area contributed by atoms with Gasteiger partial charge in [0.05, 0.1) is 10.8 Å². The molecule has 0 radical (unpaired) electrons. The maximum absolute atomic E-state index is 13.2. The van der Waals surface area contributed by atoms with Crippen LogP contribution in [0.3, 0.4) is 0 Å². The maximum Gasteiger partial charge on any atom is 0.249 e. The Kier molecular flexibility index (Phi) is 6.11. The standard InChI is InChI=1S/C21H27FN4O4S/c1-13(2)18(21-24-19(25-30-21)14-5-6-14)23-20(27)15-4-3-11-26(12-15)31(28,29)17-9-7-16(22)8-10-17/h7-10,13-15,18H,3-6,11-12H2,1-2H3,(H,23,27). The first-order chi connectivity index (χ1) is 14.8. The zero-order chi connectivity index (χ0) is 22.2. The molecule has 2 fully saturated rings. The predicted octanol–water partition coefficient (Wildman–Crippen LogP) is 3.00. The summed E-state index contributed by atoms with van der Waals surface area (Å²) in [6, 6.07) is 4.30. The molecule has 168 valence electrons. The number of amides is 1. The Morgan fingerprint density at radius 1 is 1.23 bits per heavy atom. The Labute approximate surface area is 181 Å². The monoisotopic (exact) mass is 450 g/mol. The molecule has 10 heteroatoms. The van der Waals surface area contributed by atoms with Crippen molar-refractivity contribution in [2.45, 2.75) is 56.4 Å². The number of aromatic nitrogens is 2. The zero-order valence-electron chi connectivity index (χ0n) is 17.6. The molecule has 1 aliphatic carbocycles. The highest BCUT2D eigenvalue weighted by atomic mass is 32.2. The van der Waals surface area contributed by atoms with E-state index < -0.39 is 27.8 Å². The second kappa shape index (κ2) is 8.66. The summed E-state index contributed by atoms with van der Waals surface area (Å²) in [4.78, 5) is 17.5. The lowest BCUT2D eigenvalue weighted by Crippen LogP contribution is -2.46. The molecule has 2 atom stereocenters.